The quantitative estimate of drug-likeness (QED) is 0.508. The zero-order valence-corrected chi connectivity index (χ0v) is 15.7. The summed E-state index contributed by atoms with van der Waals surface area (Å²) in [7, 11) is 0. The van der Waals surface area contributed by atoms with Crippen molar-refractivity contribution >= 4 is 17.2 Å². The average molecular weight is 391 g/mol. The fraction of sp³-hybridized carbons (Fsp3) is 0.0952. The number of rotatable bonds is 7. The van der Waals surface area contributed by atoms with Crippen LogP contribution in [0.1, 0.15) is 21.8 Å². The van der Waals surface area contributed by atoms with Crippen LogP contribution in [0.3, 0.4) is 0 Å². The van der Waals surface area contributed by atoms with Gasteiger partial charge in [-0.25, -0.2) is 0 Å². The van der Waals surface area contributed by atoms with E-state index in [0.29, 0.717) is 29.6 Å². The Morgan fingerprint density at radius 2 is 1.86 bits per heavy atom. The molecule has 1 N–H and O–H groups in total. The van der Waals surface area contributed by atoms with Crippen LogP contribution in [0.4, 0.5) is 0 Å². The van der Waals surface area contributed by atoms with E-state index in [1.54, 1.807) is 18.2 Å². The highest BCUT2D eigenvalue weighted by Crippen LogP contribution is 2.22. The third kappa shape index (κ3) is 4.27. The molecule has 0 aliphatic heterocycles. The van der Waals surface area contributed by atoms with E-state index in [0.717, 1.165) is 10.4 Å². The van der Waals surface area contributed by atoms with Crippen molar-refractivity contribution in [3.8, 4) is 16.5 Å². The highest BCUT2D eigenvalue weighted by molar-refractivity contribution is 7.13. The monoisotopic (exact) mass is 391 g/mol. The number of carbonyl (C=O) groups excluding carboxylic acids is 1. The maximum Gasteiger partial charge on any atom is 0.255 e. The van der Waals surface area contributed by atoms with Gasteiger partial charge in [0, 0.05) is 0 Å². The molecule has 4 aromatic rings. The average Bonchev–Trinajstić information content (AvgIpc) is 3.43. The number of nitrogens with zero attached hydrogens (tertiary/aromatic N) is 2. The molecule has 0 saturated carbocycles. The van der Waals surface area contributed by atoms with Crippen molar-refractivity contribution in [2.45, 2.75) is 13.2 Å². The summed E-state index contributed by atoms with van der Waals surface area (Å²) in [4.78, 5) is 17.8. The number of thiophene rings is 1. The van der Waals surface area contributed by atoms with Crippen LogP contribution in [0.15, 0.2) is 76.6 Å². The van der Waals surface area contributed by atoms with Gasteiger partial charge < -0.3 is 14.6 Å². The molecule has 0 spiro atoms. The summed E-state index contributed by atoms with van der Waals surface area (Å²) in [5.74, 6) is 1.12. The maximum absolute atomic E-state index is 12.6. The van der Waals surface area contributed by atoms with Gasteiger partial charge in [0.15, 0.2) is 0 Å². The lowest BCUT2D eigenvalue weighted by molar-refractivity contribution is 0.0941. The molecular weight excluding hydrogens is 374 g/mol. The van der Waals surface area contributed by atoms with E-state index in [9.17, 15) is 4.79 Å². The van der Waals surface area contributed by atoms with Gasteiger partial charge in [-0.3, -0.25) is 4.79 Å². The van der Waals surface area contributed by atoms with E-state index in [1.165, 1.54) is 11.3 Å². The number of hydrogen-bond donors (Lipinski definition) is 1. The summed E-state index contributed by atoms with van der Waals surface area (Å²) in [5.41, 5.74) is 1.49. The highest BCUT2D eigenvalue weighted by atomic mass is 32.1. The Balaban J connectivity index is 1.39. The van der Waals surface area contributed by atoms with Crippen molar-refractivity contribution < 1.29 is 14.1 Å². The SMILES string of the molecule is O=C(NCc1nc(-c2cccs2)no1)c1ccccc1OCc1ccccc1. The van der Waals surface area contributed by atoms with Crippen molar-refractivity contribution in [1.82, 2.24) is 15.5 Å². The first-order valence-corrected chi connectivity index (χ1v) is 9.58. The van der Waals surface area contributed by atoms with Gasteiger partial charge in [0.05, 0.1) is 17.0 Å². The smallest absolute Gasteiger partial charge is 0.255 e. The Hall–Kier alpha value is -3.45. The van der Waals surface area contributed by atoms with Crippen LogP contribution in [0.2, 0.25) is 0 Å². The number of nitrogens with one attached hydrogen (secondary N) is 1. The second-order valence-electron chi connectivity index (χ2n) is 5.94. The number of aromatic nitrogens is 2. The largest absolute Gasteiger partial charge is 0.488 e. The number of hydrogen-bond acceptors (Lipinski definition) is 6. The van der Waals surface area contributed by atoms with E-state index in [1.807, 2.05) is 53.9 Å². The third-order valence-electron chi connectivity index (χ3n) is 3.98. The molecular formula is C21H17N3O3S. The molecule has 6 nitrogen and oxygen atoms in total. The fourth-order valence-corrected chi connectivity index (χ4v) is 3.25. The Bertz CT molecular complexity index is 1050. The lowest BCUT2D eigenvalue weighted by atomic mass is 10.2. The summed E-state index contributed by atoms with van der Waals surface area (Å²) < 4.78 is 11.0. The molecule has 2 aromatic carbocycles. The maximum atomic E-state index is 12.6. The third-order valence-corrected chi connectivity index (χ3v) is 4.84. The molecule has 2 aromatic heterocycles. The summed E-state index contributed by atoms with van der Waals surface area (Å²) >= 11 is 1.53. The predicted octanol–water partition coefficient (Wildman–Crippen LogP) is 4.31. The minimum atomic E-state index is -0.264. The summed E-state index contributed by atoms with van der Waals surface area (Å²) in [6.45, 7) is 0.531. The van der Waals surface area contributed by atoms with Crippen LogP contribution in [0.5, 0.6) is 5.75 Å². The molecule has 28 heavy (non-hydrogen) atoms. The molecule has 140 valence electrons. The lowest BCUT2D eigenvalue weighted by Gasteiger charge is -2.11. The predicted molar refractivity (Wildman–Crippen MR) is 106 cm³/mol. The van der Waals surface area contributed by atoms with Crippen LogP contribution in [-0.2, 0) is 13.2 Å². The topological polar surface area (TPSA) is 77.3 Å². The Kier molecular flexibility index (Phi) is 5.44. The Morgan fingerprint density at radius 1 is 1.04 bits per heavy atom. The Morgan fingerprint density at radius 3 is 2.68 bits per heavy atom. The van der Waals surface area contributed by atoms with E-state index in [2.05, 4.69) is 15.5 Å². The van der Waals surface area contributed by atoms with Crippen LogP contribution < -0.4 is 10.1 Å². The van der Waals surface area contributed by atoms with Gasteiger partial charge in [0.25, 0.3) is 5.91 Å². The van der Waals surface area contributed by atoms with Crippen molar-refractivity contribution in [2.24, 2.45) is 0 Å². The molecule has 0 aliphatic carbocycles. The van der Waals surface area contributed by atoms with E-state index in [-0.39, 0.29) is 12.5 Å². The number of benzene rings is 2. The van der Waals surface area contributed by atoms with Gasteiger partial charge in [0.2, 0.25) is 11.7 Å². The summed E-state index contributed by atoms with van der Waals surface area (Å²) in [6, 6.07) is 20.8. The normalized spacial score (nSPS) is 10.6. The van der Waals surface area contributed by atoms with Crippen molar-refractivity contribution in [1.29, 1.82) is 0 Å². The van der Waals surface area contributed by atoms with Crippen LogP contribution >= 0.6 is 11.3 Å². The van der Waals surface area contributed by atoms with Crippen LogP contribution in [0.25, 0.3) is 10.7 Å². The fourth-order valence-electron chi connectivity index (χ4n) is 2.60. The van der Waals surface area contributed by atoms with E-state index < -0.39 is 0 Å². The molecule has 0 unspecified atom stereocenters. The molecule has 0 fully saturated rings. The second kappa shape index (κ2) is 8.49. The van der Waals surface area contributed by atoms with Crippen molar-refractivity contribution in [2.75, 3.05) is 0 Å². The zero-order valence-electron chi connectivity index (χ0n) is 14.9. The Labute approximate surface area is 165 Å². The van der Waals surface area contributed by atoms with Gasteiger partial charge in [-0.1, -0.05) is 53.7 Å². The summed E-state index contributed by atoms with van der Waals surface area (Å²) in [5, 5.41) is 8.68. The number of para-hydroxylation sites is 1. The van der Waals surface area contributed by atoms with E-state index >= 15 is 0 Å². The number of amides is 1. The van der Waals surface area contributed by atoms with Crippen molar-refractivity contribution in [3.63, 3.8) is 0 Å². The first kappa shape index (κ1) is 17.9. The van der Waals surface area contributed by atoms with Crippen LogP contribution in [0, 0.1) is 0 Å². The second-order valence-corrected chi connectivity index (χ2v) is 6.89. The minimum Gasteiger partial charge on any atom is -0.488 e. The molecule has 2 heterocycles. The minimum absolute atomic E-state index is 0.143. The number of carbonyl (C=O) groups is 1. The first-order valence-electron chi connectivity index (χ1n) is 8.70. The molecule has 0 radical (unpaired) electrons. The molecule has 0 bridgehead atoms. The summed E-state index contributed by atoms with van der Waals surface area (Å²) in [6.07, 6.45) is 0. The highest BCUT2D eigenvalue weighted by Gasteiger charge is 2.14. The van der Waals surface area contributed by atoms with Crippen LogP contribution in [-0.4, -0.2) is 16.0 Å². The molecule has 0 saturated heterocycles. The lowest BCUT2D eigenvalue weighted by Crippen LogP contribution is -2.23. The first-order chi connectivity index (χ1) is 13.8. The van der Waals surface area contributed by atoms with Gasteiger partial charge in [-0.2, -0.15) is 4.98 Å². The molecule has 0 aliphatic rings. The van der Waals surface area contributed by atoms with Gasteiger partial charge in [-0.05, 0) is 29.1 Å². The van der Waals surface area contributed by atoms with Crippen molar-refractivity contribution in [3.05, 3.63) is 89.1 Å². The van der Waals surface area contributed by atoms with E-state index in [4.69, 9.17) is 9.26 Å². The zero-order chi connectivity index (χ0) is 19.2. The van der Waals surface area contributed by atoms with Gasteiger partial charge in [-0.15, -0.1) is 11.3 Å². The van der Waals surface area contributed by atoms with Gasteiger partial charge in [0.1, 0.15) is 12.4 Å². The molecule has 7 heteroatoms. The number of ether oxygens (including phenoxy) is 1. The van der Waals surface area contributed by atoms with Gasteiger partial charge >= 0.3 is 0 Å². The molecule has 0 atom stereocenters. The standard InChI is InChI=1S/C21H17N3O3S/c25-21(22-13-19-23-20(24-27-19)18-11-6-12-28-18)16-9-4-5-10-17(16)26-14-15-7-2-1-3-8-15/h1-12H,13-14H2,(H,22,25). The molecule has 4 rings (SSSR count). The molecule has 1 amide bonds.